The summed E-state index contributed by atoms with van der Waals surface area (Å²) in [5.41, 5.74) is -9.29. The zero-order valence-corrected chi connectivity index (χ0v) is 12.8. The maximum absolute atomic E-state index is 12.7. The van der Waals surface area contributed by atoms with E-state index in [2.05, 4.69) is 0 Å². The highest BCUT2D eigenvalue weighted by molar-refractivity contribution is 7.90. The summed E-state index contributed by atoms with van der Waals surface area (Å²) in [6, 6.07) is 13.4. The molecule has 128 valence electrons. The van der Waals surface area contributed by atoms with Crippen LogP contribution in [0, 0.1) is 0 Å². The third kappa shape index (κ3) is 3.48. The lowest BCUT2D eigenvalue weighted by Gasteiger charge is -2.28. The van der Waals surface area contributed by atoms with Gasteiger partial charge in [0.2, 0.25) is 11.5 Å². The van der Waals surface area contributed by atoms with Crippen molar-refractivity contribution in [2.75, 3.05) is 0 Å². The highest BCUT2D eigenvalue weighted by atomic mass is 32.2. The zero-order chi connectivity index (χ0) is 18.0. The molecule has 0 amide bonds. The Morgan fingerprint density at radius 3 is 1.83 bits per heavy atom. The number of ketones is 1. The molecule has 2 rings (SSSR count). The standard InChI is InChI=1S/C15H12F3NO4S/c16-15(17,18)24(22,23)19-14(21,12-9-5-2-6-10-12)13(20)11-7-3-1-4-8-11/h1-10,19,21H. The number of hydrogen-bond donors (Lipinski definition) is 2. The van der Waals surface area contributed by atoms with E-state index in [-0.39, 0.29) is 11.1 Å². The molecule has 0 aliphatic carbocycles. The van der Waals surface area contributed by atoms with Crippen LogP contribution in [0.25, 0.3) is 0 Å². The number of nitrogens with one attached hydrogen (secondary N) is 1. The summed E-state index contributed by atoms with van der Waals surface area (Å²) in [4.78, 5) is 12.5. The van der Waals surface area contributed by atoms with Crippen molar-refractivity contribution >= 4 is 15.8 Å². The second-order valence-electron chi connectivity index (χ2n) is 4.82. The van der Waals surface area contributed by atoms with E-state index in [1.807, 2.05) is 0 Å². The summed E-state index contributed by atoms with van der Waals surface area (Å²) in [6.07, 6.45) is 0. The van der Waals surface area contributed by atoms with Crippen LogP contribution < -0.4 is 4.72 Å². The molecule has 0 aromatic heterocycles. The first kappa shape index (κ1) is 18.1. The van der Waals surface area contributed by atoms with Crippen molar-refractivity contribution in [2.24, 2.45) is 0 Å². The van der Waals surface area contributed by atoms with Crippen molar-refractivity contribution in [3.8, 4) is 0 Å². The third-order valence-electron chi connectivity index (χ3n) is 3.14. The van der Waals surface area contributed by atoms with Gasteiger partial charge in [0.15, 0.2) is 0 Å². The number of aliphatic hydroxyl groups is 1. The van der Waals surface area contributed by atoms with E-state index in [1.165, 1.54) is 42.5 Å². The fourth-order valence-electron chi connectivity index (χ4n) is 1.97. The van der Waals surface area contributed by atoms with E-state index >= 15 is 0 Å². The zero-order valence-electron chi connectivity index (χ0n) is 12.0. The molecule has 24 heavy (non-hydrogen) atoms. The number of carbonyl (C=O) groups excluding carboxylic acids is 1. The molecule has 0 saturated heterocycles. The van der Waals surface area contributed by atoms with Gasteiger partial charge < -0.3 is 5.11 Å². The number of sulfonamides is 1. The number of alkyl halides is 3. The predicted molar refractivity (Wildman–Crippen MR) is 79.2 cm³/mol. The Morgan fingerprint density at radius 2 is 1.38 bits per heavy atom. The summed E-state index contributed by atoms with van der Waals surface area (Å²) in [6.45, 7) is 0. The molecule has 1 atom stereocenters. The molecule has 0 radical (unpaired) electrons. The molecule has 2 aromatic rings. The summed E-state index contributed by atoms with van der Waals surface area (Å²) in [7, 11) is -5.98. The van der Waals surface area contributed by atoms with Crippen molar-refractivity contribution in [3.63, 3.8) is 0 Å². The molecule has 0 heterocycles. The maximum atomic E-state index is 12.7. The van der Waals surface area contributed by atoms with Gasteiger partial charge in [-0.3, -0.25) is 4.79 Å². The van der Waals surface area contributed by atoms with Crippen LogP contribution in [0.3, 0.4) is 0 Å². The second-order valence-corrected chi connectivity index (χ2v) is 6.50. The Labute approximate surface area is 135 Å². The number of rotatable bonds is 5. The van der Waals surface area contributed by atoms with Crippen LogP contribution in [0.4, 0.5) is 13.2 Å². The molecule has 0 bridgehead atoms. The van der Waals surface area contributed by atoms with Gasteiger partial charge in [-0.2, -0.15) is 17.9 Å². The second kappa shape index (κ2) is 6.34. The Hall–Kier alpha value is -2.23. The normalized spacial score (nSPS) is 14.8. The fourth-order valence-corrected chi connectivity index (χ4v) is 2.68. The maximum Gasteiger partial charge on any atom is 0.511 e. The largest absolute Gasteiger partial charge is 0.511 e. The van der Waals surface area contributed by atoms with Crippen LogP contribution in [-0.4, -0.2) is 24.8 Å². The van der Waals surface area contributed by atoms with E-state index in [0.717, 1.165) is 16.9 Å². The third-order valence-corrected chi connectivity index (χ3v) is 4.32. The molecule has 0 spiro atoms. The number of halogens is 3. The first-order chi connectivity index (χ1) is 11.1. The smallest absolute Gasteiger partial charge is 0.364 e. The molecule has 1 unspecified atom stereocenters. The van der Waals surface area contributed by atoms with E-state index in [0.29, 0.717) is 0 Å². The summed E-state index contributed by atoms with van der Waals surface area (Å²) in [5.74, 6) is -1.23. The van der Waals surface area contributed by atoms with Crippen molar-refractivity contribution in [3.05, 3.63) is 71.8 Å². The van der Waals surface area contributed by atoms with Crippen LogP contribution in [0.1, 0.15) is 15.9 Å². The molecule has 9 heteroatoms. The molecule has 5 nitrogen and oxygen atoms in total. The van der Waals surface area contributed by atoms with Gasteiger partial charge in [-0.05, 0) is 0 Å². The Kier molecular flexibility index (Phi) is 4.79. The van der Waals surface area contributed by atoms with Crippen molar-refractivity contribution < 1.29 is 31.5 Å². The molecule has 0 fully saturated rings. The van der Waals surface area contributed by atoms with Gasteiger partial charge in [0.05, 0.1) is 0 Å². The number of benzene rings is 2. The Morgan fingerprint density at radius 1 is 0.917 bits per heavy atom. The van der Waals surface area contributed by atoms with Gasteiger partial charge in [0.1, 0.15) is 0 Å². The SMILES string of the molecule is O=C(c1ccccc1)C(O)(NS(=O)(=O)C(F)(F)F)c1ccccc1. The van der Waals surface area contributed by atoms with Crippen molar-refractivity contribution in [2.45, 2.75) is 11.2 Å². The lowest BCUT2D eigenvalue weighted by Crippen LogP contribution is -2.55. The summed E-state index contributed by atoms with van der Waals surface area (Å²) in [5, 5.41) is 10.6. The minimum absolute atomic E-state index is 0.159. The highest BCUT2D eigenvalue weighted by Crippen LogP contribution is 2.29. The van der Waals surface area contributed by atoms with E-state index < -0.39 is 27.0 Å². The number of hydrogen-bond acceptors (Lipinski definition) is 4. The number of carbonyl (C=O) groups is 1. The van der Waals surface area contributed by atoms with E-state index in [4.69, 9.17) is 0 Å². The van der Waals surface area contributed by atoms with Gasteiger partial charge in [-0.15, -0.1) is 0 Å². The summed E-state index contributed by atoms with van der Waals surface area (Å²) < 4.78 is 62.0. The van der Waals surface area contributed by atoms with Gasteiger partial charge in [-0.25, -0.2) is 8.42 Å². The minimum Gasteiger partial charge on any atom is -0.364 e. The Balaban J connectivity index is 2.57. The first-order valence-electron chi connectivity index (χ1n) is 6.56. The van der Waals surface area contributed by atoms with E-state index in [1.54, 1.807) is 6.07 Å². The molecule has 2 N–H and O–H groups in total. The van der Waals surface area contributed by atoms with Gasteiger partial charge in [0.25, 0.3) is 0 Å². The lowest BCUT2D eigenvalue weighted by molar-refractivity contribution is -0.0493. The average molecular weight is 359 g/mol. The van der Waals surface area contributed by atoms with E-state index in [9.17, 15) is 31.5 Å². The predicted octanol–water partition coefficient (Wildman–Crippen LogP) is 2.15. The first-order valence-corrected chi connectivity index (χ1v) is 8.04. The minimum atomic E-state index is -5.98. The molecular formula is C15H12F3NO4S. The van der Waals surface area contributed by atoms with Gasteiger partial charge in [-0.1, -0.05) is 60.7 Å². The Bertz CT molecular complexity index is 823. The molecule has 0 aliphatic rings. The van der Waals surface area contributed by atoms with Crippen LogP contribution in [0.15, 0.2) is 60.7 Å². The van der Waals surface area contributed by atoms with Crippen molar-refractivity contribution in [1.82, 2.24) is 4.72 Å². The fraction of sp³-hybridized carbons (Fsp3) is 0.133. The summed E-state index contributed by atoms with van der Waals surface area (Å²) >= 11 is 0. The van der Waals surface area contributed by atoms with Crippen LogP contribution in [-0.2, 0) is 15.7 Å². The quantitative estimate of drug-likeness (QED) is 0.633. The molecular weight excluding hydrogens is 347 g/mol. The number of Topliss-reactive ketones (excluding diaryl/α,β-unsaturated/α-hetero) is 1. The van der Waals surface area contributed by atoms with Crippen LogP contribution >= 0.6 is 0 Å². The molecule has 0 aliphatic heterocycles. The molecule has 2 aromatic carbocycles. The van der Waals surface area contributed by atoms with Crippen LogP contribution in [0.5, 0.6) is 0 Å². The molecule has 0 saturated carbocycles. The van der Waals surface area contributed by atoms with Crippen LogP contribution in [0.2, 0.25) is 0 Å². The lowest BCUT2D eigenvalue weighted by atomic mass is 9.94. The highest BCUT2D eigenvalue weighted by Gasteiger charge is 2.53. The van der Waals surface area contributed by atoms with Crippen molar-refractivity contribution in [1.29, 1.82) is 0 Å². The monoisotopic (exact) mass is 359 g/mol. The van der Waals surface area contributed by atoms with Gasteiger partial charge >= 0.3 is 15.5 Å². The van der Waals surface area contributed by atoms with Gasteiger partial charge in [0, 0.05) is 11.1 Å². The average Bonchev–Trinajstić information content (AvgIpc) is 2.54. The topological polar surface area (TPSA) is 83.5 Å².